The Hall–Kier alpha value is -3.51. The standard InChI is InChI=1S/C22H17N3O3/c26-21-18-19(15-11-13-23-14-12-15)25(17-9-5-2-6-10-17)28-20(18)22(27)24(21)16-7-3-1-4-8-16/h1-14,18-20H/t18-,19-,20-/m1/s1. The van der Waals surface area contributed by atoms with Gasteiger partial charge in [0.1, 0.15) is 5.92 Å². The van der Waals surface area contributed by atoms with Crippen LogP contribution < -0.4 is 9.96 Å². The number of para-hydroxylation sites is 2. The molecule has 0 spiro atoms. The molecule has 0 bridgehead atoms. The van der Waals surface area contributed by atoms with Gasteiger partial charge in [-0.2, -0.15) is 0 Å². The van der Waals surface area contributed by atoms with Crippen LogP contribution in [0, 0.1) is 5.92 Å². The average molecular weight is 371 g/mol. The Morgan fingerprint density at radius 1 is 0.750 bits per heavy atom. The van der Waals surface area contributed by atoms with Gasteiger partial charge in [-0.25, -0.2) is 9.96 Å². The third-order valence-corrected chi connectivity index (χ3v) is 5.19. The SMILES string of the molecule is O=C1[C@@H]2[C@@H](c3ccncc3)N(c3ccccc3)O[C@H]2C(=O)N1c1ccccc1. The van der Waals surface area contributed by atoms with Crippen LogP contribution in [-0.4, -0.2) is 22.9 Å². The minimum atomic E-state index is -0.855. The lowest BCUT2D eigenvalue weighted by Crippen LogP contribution is -2.37. The van der Waals surface area contributed by atoms with E-state index in [0.717, 1.165) is 11.3 Å². The van der Waals surface area contributed by atoms with E-state index >= 15 is 0 Å². The summed E-state index contributed by atoms with van der Waals surface area (Å²) >= 11 is 0. The van der Waals surface area contributed by atoms with Crippen LogP contribution in [0.2, 0.25) is 0 Å². The maximum atomic E-state index is 13.3. The van der Waals surface area contributed by atoms with Crippen molar-refractivity contribution in [1.82, 2.24) is 4.98 Å². The second-order valence-corrected chi connectivity index (χ2v) is 6.79. The first kappa shape index (κ1) is 16.6. The number of imide groups is 1. The van der Waals surface area contributed by atoms with Crippen molar-refractivity contribution in [2.75, 3.05) is 9.96 Å². The first-order valence-electron chi connectivity index (χ1n) is 9.09. The average Bonchev–Trinajstić information content (AvgIpc) is 3.26. The van der Waals surface area contributed by atoms with E-state index in [0.29, 0.717) is 5.69 Å². The van der Waals surface area contributed by atoms with Crippen molar-refractivity contribution >= 4 is 23.2 Å². The lowest BCUT2D eigenvalue weighted by molar-refractivity contribution is -0.126. The number of aromatic nitrogens is 1. The Bertz CT molecular complexity index is 1010. The van der Waals surface area contributed by atoms with E-state index in [-0.39, 0.29) is 11.8 Å². The Kier molecular flexibility index (Phi) is 3.91. The molecular weight excluding hydrogens is 354 g/mol. The zero-order chi connectivity index (χ0) is 19.1. The molecule has 0 aliphatic carbocycles. The summed E-state index contributed by atoms with van der Waals surface area (Å²) in [6.07, 6.45) is 2.51. The molecule has 138 valence electrons. The van der Waals surface area contributed by atoms with Gasteiger partial charge >= 0.3 is 0 Å². The van der Waals surface area contributed by atoms with Crippen LogP contribution >= 0.6 is 0 Å². The number of anilines is 2. The fraction of sp³-hybridized carbons (Fsp3) is 0.136. The molecule has 5 rings (SSSR count). The molecule has 0 saturated carbocycles. The number of benzene rings is 2. The molecule has 0 N–H and O–H groups in total. The summed E-state index contributed by atoms with van der Waals surface area (Å²) in [5, 5.41) is 1.68. The molecule has 2 aliphatic rings. The Morgan fingerprint density at radius 2 is 1.36 bits per heavy atom. The minimum Gasteiger partial charge on any atom is -0.273 e. The number of carbonyl (C=O) groups is 2. The first-order chi connectivity index (χ1) is 13.8. The molecule has 2 aliphatic heterocycles. The molecule has 0 radical (unpaired) electrons. The van der Waals surface area contributed by atoms with Gasteiger partial charge in [0, 0.05) is 12.4 Å². The number of amides is 2. The lowest BCUT2D eigenvalue weighted by Gasteiger charge is -2.28. The monoisotopic (exact) mass is 371 g/mol. The van der Waals surface area contributed by atoms with Gasteiger partial charge in [0.15, 0.2) is 6.10 Å². The molecule has 2 amide bonds. The van der Waals surface area contributed by atoms with Crippen molar-refractivity contribution in [2.45, 2.75) is 12.1 Å². The number of pyridine rings is 1. The number of rotatable bonds is 3. The molecule has 3 atom stereocenters. The Balaban J connectivity index is 1.59. The normalized spacial score (nSPS) is 23.9. The molecule has 2 fully saturated rings. The van der Waals surface area contributed by atoms with Crippen LogP contribution in [0.3, 0.4) is 0 Å². The minimum absolute atomic E-state index is 0.249. The second kappa shape index (κ2) is 6.58. The molecule has 6 nitrogen and oxygen atoms in total. The van der Waals surface area contributed by atoms with Crippen molar-refractivity contribution in [2.24, 2.45) is 5.92 Å². The highest BCUT2D eigenvalue weighted by atomic mass is 16.7. The van der Waals surface area contributed by atoms with Gasteiger partial charge < -0.3 is 0 Å². The van der Waals surface area contributed by atoms with Crippen LogP contribution in [0.4, 0.5) is 11.4 Å². The zero-order valence-corrected chi connectivity index (χ0v) is 14.9. The Labute approximate surface area is 161 Å². The molecule has 1 aromatic heterocycles. The van der Waals surface area contributed by atoms with Gasteiger partial charge in [-0.05, 0) is 42.0 Å². The highest BCUT2D eigenvalue weighted by molar-refractivity contribution is 6.23. The van der Waals surface area contributed by atoms with Gasteiger partial charge in [-0.1, -0.05) is 36.4 Å². The molecule has 3 heterocycles. The van der Waals surface area contributed by atoms with Gasteiger partial charge in [0.05, 0.1) is 17.4 Å². The van der Waals surface area contributed by atoms with Gasteiger partial charge in [0.25, 0.3) is 5.91 Å². The van der Waals surface area contributed by atoms with E-state index in [1.807, 2.05) is 60.7 Å². The second-order valence-electron chi connectivity index (χ2n) is 6.79. The summed E-state index contributed by atoms with van der Waals surface area (Å²) in [6, 6.07) is 21.8. The molecule has 0 unspecified atom stereocenters. The van der Waals surface area contributed by atoms with Gasteiger partial charge in [0.2, 0.25) is 5.91 Å². The smallest absolute Gasteiger partial charge is 0.266 e. The predicted octanol–water partition coefficient (Wildman–Crippen LogP) is 3.13. The summed E-state index contributed by atoms with van der Waals surface area (Å²) in [5.74, 6) is -1.21. The van der Waals surface area contributed by atoms with Crippen LogP contribution in [0.15, 0.2) is 85.2 Å². The summed E-state index contributed by atoms with van der Waals surface area (Å²) < 4.78 is 0. The number of nitrogens with zero attached hydrogens (tertiary/aromatic N) is 3. The molecule has 6 heteroatoms. The predicted molar refractivity (Wildman–Crippen MR) is 103 cm³/mol. The molecular formula is C22H17N3O3. The molecule has 2 saturated heterocycles. The summed E-state index contributed by atoms with van der Waals surface area (Å²) in [6.45, 7) is 0. The topological polar surface area (TPSA) is 62.7 Å². The molecule has 28 heavy (non-hydrogen) atoms. The van der Waals surface area contributed by atoms with Gasteiger partial charge in [-0.3, -0.25) is 19.4 Å². The number of hydroxylamine groups is 1. The number of hydrogen-bond donors (Lipinski definition) is 0. The molecule has 3 aromatic rings. The third-order valence-electron chi connectivity index (χ3n) is 5.19. The highest BCUT2D eigenvalue weighted by Crippen LogP contribution is 2.47. The summed E-state index contributed by atoms with van der Waals surface area (Å²) in [7, 11) is 0. The van der Waals surface area contributed by atoms with Crippen molar-refractivity contribution in [3.8, 4) is 0 Å². The van der Waals surface area contributed by atoms with Crippen LogP contribution in [0.25, 0.3) is 0 Å². The lowest BCUT2D eigenvalue weighted by atomic mass is 9.91. The van der Waals surface area contributed by atoms with E-state index in [1.165, 1.54) is 4.90 Å². The molecule has 2 aromatic carbocycles. The summed E-state index contributed by atoms with van der Waals surface area (Å²) in [4.78, 5) is 37.8. The van der Waals surface area contributed by atoms with E-state index in [4.69, 9.17) is 4.84 Å². The van der Waals surface area contributed by atoms with Crippen LogP contribution in [-0.2, 0) is 14.4 Å². The van der Waals surface area contributed by atoms with E-state index in [2.05, 4.69) is 4.98 Å². The zero-order valence-electron chi connectivity index (χ0n) is 14.9. The third kappa shape index (κ3) is 2.50. The Morgan fingerprint density at radius 3 is 2.00 bits per heavy atom. The summed E-state index contributed by atoms with van der Waals surface area (Å²) in [5.41, 5.74) is 2.24. The van der Waals surface area contributed by atoms with Crippen LogP contribution in [0.1, 0.15) is 11.6 Å². The highest BCUT2D eigenvalue weighted by Gasteiger charge is 2.60. The number of carbonyl (C=O) groups excluding carboxylic acids is 2. The van der Waals surface area contributed by atoms with Crippen molar-refractivity contribution in [3.05, 3.63) is 90.8 Å². The van der Waals surface area contributed by atoms with E-state index in [1.54, 1.807) is 29.6 Å². The largest absolute Gasteiger partial charge is 0.273 e. The van der Waals surface area contributed by atoms with E-state index < -0.39 is 18.1 Å². The van der Waals surface area contributed by atoms with Gasteiger partial charge in [-0.15, -0.1) is 0 Å². The first-order valence-corrected chi connectivity index (χ1v) is 9.09. The fourth-order valence-corrected chi connectivity index (χ4v) is 3.94. The maximum Gasteiger partial charge on any atom is 0.266 e. The quantitative estimate of drug-likeness (QED) is 0.662. The number of fused-ring (bicyclic) bond motifs is 1. The van der Waals surface area contributed by atoms with E-state index in [9.17, 15) is 9.59 Å². The van der Waals surface area contributed by atoms with Crippen molar-refractivity contribution in [3.63, 3.8) is 0 Å². The number of hydrogen-bond acceptors (Lipinski definition) is 5. The fourth-order valence-electron chi connectivity index (χ4n) is 3.94. The van der Waals surface area contributed by atoms with Crippen LogP contribution in [0.5, 0.6) is 0 Å². The van der Waals surface area contributed by atoms with Crippen molar-refractivity contribution < 1.29 is 14.4 Å². The van der Waals surface area contributed by atoms with Crippen molar-refractivity contribution in [1.29, 1.82) is 0 Å². The maximum absolute atomic E-state index is 13.3.